The van der Waals surface area contributed by atoms with Gasteiger partial charge in [-0.2, -0.15) is 0 Å². The smallest absolute Gasteiger partial charge is 0.133 e. The molecule has 0 aliphatic heterocycles. The van der Waals surface area contributed by atoms with Crippen molar-refractivity contribution < 1.29 is 4.74 Å². The van der Waals surface area contributed by atoms with Crippen LogP contribution >= 0.6 is 11.8 Å². The Kier molecular flexibility index (Phi) is 4.69. The first-order chi connectivity index (χ1) is 7.22. The lowest BCUT2D eigenvalue weighted by molar-refractivity contribution is 0.405. The second-order valence-electron chi connectivity index (χ2n) is 3.30. The molecule has 82 valence electrons. The summed E-state index contributed by atoms with van der Waals surface area (Å²) in [5.41, 5.74) is 1.65. The molecule has 1 aromatic rings. The minimum Gasteiger partial charge on any atom is -0.496 e. The predicted molar refractivity (Wildman–Crippen MR) is 66.5 cm³/mol. The molecular formula is C12H17NOS. The predicted octanol–water partition coefficient (Wildman–Crippen LogP) is 3.59. The molecule has 0 aliphatic carbocycles. The van der Waals surface area contributed by atoms with Gasteiger partial charge in [-0.25, -0.2) is 0 Å². The highest BCUT2D eigenvalue weighted by Gasteiger charge is 2.06. The van der Waals surface area contributed by atoms with Gasteiger partial charge in [0.05, 0.1) is 7.11 Å². The second kappa shape index (κ2) is 5.81. The van der Waals surface area contributed by atoms with Gasteiger partial charge in [-0.05, 0) is 30.4 Å². The van der Waals surface area contributed by atoms with Gasteiger partial charge < -0.3 is 10.1 Å². The molecule has 0 fully saturated rings. The Balaban J connectivity index is 2.97. The third-order valence-electron chi connectivity index (χ3n) is 2.23. The molecule has 3 heteroatoms. The quantitative estimate of drug-likeness (QED) is 0.611. The zero-order valence-corrected chi connectivity index (χ0v) is 10.3. The summed E-state index contributed by atoms with van der Waals surface area (Å²) in [6.45, 7) is 2.09. The molecule has 0 aliphatic rings. The summed E-state index contributed by atoms with van der Waals surface area (Å²) < 4.78 is 5.29. The van der Waals surface area contributed by atoms with E-state index in [1.54, 1.807) is 18.9 Å². The van der Waals surface area contributed by atoms with Crippen LogP contribution in [0.4, 0.5) is 0 Å². The lowest BCUT2D eigenvalue weighted by Gasteiger charge is -2.09. The molecule has 2 nitrogen and oxygen atoms in total. The van der Waals surface area contributed by atoms with Gasteiger partial charge in [-0.3, -0.25) is 0 Å². The summed E-state index contributed by atoms with van der Waals surface area (Å²) in [4.78, 5) is 1.12. The van der Waals surface area contributed by atoms with Crippen molar-refractivity contribution in [2.24, 2.45) is 0 Å². The van der Waals surface area contributed by atoms with Crippen molar-refractivity contribution in [2.45, 2.75) is 24.7 Å². The van der Waals surface area contributed by atoms with E-state index in [2.05, 4.69) is 6.92 Å². The normalized spacial score (nSPS) is 10.1. The molecule has 0 heterocycles. The van der Waals surface area contributed by atoms with Crippen LogP contribution in [-0.4, -0.2) is 19.1 Å². The van der Waals surface area contributed by atoms with Crippen LogP contribution < -0.4 is 4.74 Å². The van der Waals surface area contributed by atoms with E-state index in [9.17, 15) is 0 Å². The van der Waals surface area contributed by atoms with E-state index in [-0.39, 0.29) is 0 Å². The van der Waals surface area contributed by atoms with Crippen LogP contribution in [0, 0.1) is 5.41 Å². The van der Waals surface area contributed by atoms with E-state index in [1.165, 1.54) is 0 Å². The van der Waals surface area contributed by atoms with Crippen molar-refractivity contribution in [1.82, 2.24) is 0 Å². The Labute approximate surface area is 95.5 Å². The fraction of sp³-hybridized carbons (Fsp3) is 0.417. The van der Waals surface area contributed by atoms with Gasteiger partial charge in [0.1, 0.15) is 5.75 Å². The van der Waals surface area contributed by atoms with Crippen LogP contribution in [0.1, 0.15) is 25.3 Å². The molecule has 0 atom stereocenters. The van der Waals surface area contributed by atoms with Crippen molar-refractivity contribution in [2.75, 3.05) is 13.4 Å². The van der Waals surface area contributed by atoms with Crippen molar-refractivity contribution in [3.05, 3.63) is 23.8 Å². The Hall–Kier alpha value is -0.960. The highest BCUT2D eigenvalue weighted by atomic mass is 32.2. The molecule has 0 spiro atoms. The Morgan fingerprint density at radius 3 is 2.73 bits per heavy atom. The average molecular weight is 223 g/mol. The van der Waals surface area contributed by atoms with Gasteiger partial charge >= 0.3 is 0 Å². The highest BCUT2D eigenvalue weighted by Crippen LogP contribution is 2.28. The van der Waals surface area contributed by atoms with Crippen LogP contribution in [-0.2, 0) is 0 Å². The van der Waals surface area contributed by atoms with E-state index in [1.807, 2.05) is 24.5 Å². The highest BCUT2D eigenvalue weighted by molar-refractivity contribution is 7.98. The molecule has 1 rings (SSSR count). The number of rotatable bonds is 5. The first-order valence-electron chi connectivity index (χ1n) is 5.02. The average Bonchev–Trinajstić information content (AvgIpc) is 2.28. The summed E-state index contributed by atoms with van der Waals surface area (Å²) in [6, 6.07) is 5.96. The van der Waals surface area contributed by atoms with Gasteiger partial charge in [0.15, 0.2) is 0 Å². The summed E-state index contributed by atoms with van der Waals surface area (Å²) in [6.07, 6.45) is 3.85. The van der Waals surface area contributed by atoms with Crippen LogP contribution in [0.5, 0.6) is 5.75 Å². The van der Waals surface area contributed by atoms with Gasteiger partial charge in [0.25, 0.3) is 0 Å². The van der Waals surface area contributed by atoms with E-state index < -0.39 is 0 Å². The number of hydrogen-bond donors (Lipinski definition) is 1. The molecule has 15 heavy (non-hydrogen) atoms. The van der Waals surface area contributed by atoms with E-state index in [0.717, 1.165) is 29.1 Å². The Morgan fingerprint density at radius 1 is 1.47 bits per heavy atom. The Morgan fingerprint density at radius 2 is 2.20 bits per heavy atom. The number of benzene rings is 1. The molecule has 0 aromatic heterocycles. The SMILES string of the molecule is CCCC(=N)c1ccc(SC)c(OC)c1. The van der Waals surface area contributed by atoms with Crippen LogP contribution in [0.25, 0.3) is 0 Å². The molecule has 0 amide bonds. The monoisotopic (exact) mass is 223 g/mol. The van der Waals surface area contributed by atoms with E-state index in [0.29, 0.717) is 5.71 Å². The zero-order valence-electron chi connectivity index (χ0n) is 9.46. The van der Waals surface area contributed by atoms with E-state index >= 15 is 0 Å². The maximum Gasteiger partial charge on any atom is 0.133 e. The molecule has 0 radical (unpaired) electrons. The van der Waals surface area contributed by atoms with Gasteiger partial charge in [-0.15, -0.1) is 11.8 Å². The lowest BCUT2D eigenvalue weighted by atomic mass is 10.1. The lowest BCUT2D eigenvalue weighted by Crippen LogP contribution is -1.99. The maximum absolute atomic E-state index is 7.87. The van der Waals surface area contributed by atoms with Crippen molar-refractivity contribution in [3.63, 3.8) is 0 Å². The van der Waals surface area contributed by atoms with Crippen molar-refractivity contribution >= 4 is 17.5 Å². The largest absolute Gasteiger partial charge is 0.496 e. The minimum atomic E-state index is 0.684. The zero-order chi connectivity index (χ0) is 11.3. The fourth-order valence-corrected chi connectivity index (χ4v) is 1.97. The molecule has 0 unspecified atom stereocenters. The van der Waals surface area contributed by atoms with Crippen molar-refractivity contribution in [1.29, 1.82) is 5.41 Å². The number of nitrogens with one attached hydrogen (secondary N) is 1. The maximum atomic E-state index is 7.87. The Bertz CT molecular complexity index is 349. The number of hydrogen-bond acceptors (Lipinski definition) is 3. The van der Waals surface area contributed by atoms with Crippen LogP contribution in [0.2, 0.25) is 0 Å². The third-order valence-corrected chi connectivity index (χ3v) is 3.01. The van der Waals surface area contributed by atoms with Crippen molar-refractivity contribution in [3.8, 4) is 5.75 Å². The van der Waals surface area contributed by atoms with Gasteiger partial charge in [0.2, 0.25) is 0 Å². The molecular weight excluding hydrogens is 206 g/mol. The summed E-state index contributed by atoms with van der Waals surface area (Å²) >= 11 is 1.66. The molecule has 1 aromatic carbocycles. The van der Waals surface area contributed by atoms with E-state index in [4.69, 9.17) is 10.1 Å². The molecule has 0 saturated carbocycles. The summed E-state index contributed by atoms with van der Waals surface area (Å²) in [7, 11) is 1.67. The first kappa shape index (κ1) is 12.1. The topological polar surface area (TPSA) is 33.1 Å². The summed E-state index contributed by atoms with van der Waals surface area (Å²) in [5.74, 6) is 0.862. The standard InChI is InChI=1S/C12H17NOS/c1-4-5-10(13)9-6-7-12(15-3)11(8-9)14-2/h6-8,13H,4-5H2,1-3H3. The fourth-order valence-electron chi connectivity index (χ4n) is 1.42. The number of methoxy groups -OCH3 is 1. The molecule has 1 N–H and O–H groups in total. The van der Waals surface area contributed by atoms with Crippen LogP contribution in [0.3, 0.4) is 0 Å². The number of ether oxygens (including phenoxy) is 1. The van der Waals surface area contributed by atoms with Gasteiger partial charge in [0, 0.05) is 10.6 Å². The van der Waals surface area contributed by atoms with Crippen LogP contribution in [0.15, 0.2) is 23.1 Å². The summed E-state index contributed by atoms with van der Waals surface area (Å²) in [5, 5.41) is 7.87. The molecule has 0 bridgehead atoms. The third kappa shape index (κ3) is 2.99. The second-order valence-corrected chi connectivity index (χ2v) is 4.15. The van der Waals surface area contributed by atoms with Gasteiger partial charge in [-0.1, -0.05) is 19.4 Å². The minimum absolute atomic E-state index is 0.684. The first-order valence-corrected chi connectivity index (χ1v) is 6.25. The molecule has 0 saturated heterocycles. The number of thioether (sulfide) groups is 1.